The lowest BCUT2D eigenvalue weighted by Gasteiger charge is -2.25. The monoisotopic (exact) mass is 505 g/mol. The van der Waals surface area contributed by atoms with E-state index in [1.807, 2.05) is 6.92 Å². The Morgan fingerprint density at radius 2 is 1.53 bits per heavy atom. The van der Waals surface area contributed by atoms with E-state index in [2.05, 4.69) is 20.9 Å². The third-order valence-corrected chi connectivity index (χ3v) is 5.82. The quantitative estimate of drug-likeness (QED) is 0.0597. The van der Waals surface area contributed by atoms with Crippen molar-refractivity contribution in [1.29, 1.82) is 0 Å². The van der Waals surface area contributed by atoms with Gasteiger partial charge in [-0.15, -0.1) is 0 Å². The summed E-state index contributed by atoms with van der Waals surface area (Å²) >= 11 is 1.42. The summed E-state index contributed by atoms with van der Waals surface area (Å²) in [6.45, 7) is 3.12. The number of nitrogens with two attached hydrogens (primary N) is 3. The number of carbonyl (C=O) groups is 4. The summed E-state index contributed by atoms with van der Waals surface area (Å²) in [5.41, 5.74) is 16.5. The van der Waals surface area contributed by atoms with E-state index in [9.17, 15) is 29.4 Å². The van der Waals surface area contributed by atoms with Gasteiger partial charge in [-0.3, -0.25) is 19.4 Å². The van der Waals surface area contributed by atoms with Gasteiger partial charge in [-0.2, -0.15) is 11.8 Å². The molecule has 14 heteroatoms. The van der Waals surface area contributed by atoms with Crippen LogP contribution in [0.2, 0.25) is 0 Å². The van der Waals surface area contributed by atoms with E-state index in [1.54, 1.807) is 13.2 Å². The first-order chi connectivity index (χ1) is 16.0. The van der Waals surface area contributed by atoms with Crippen molar-refractivity contribution in [2.75, 3.05) is 25.2 Å². The molecule has 196 valence electrons. The fraction of sp³-hybridized carbons (Fsp3) is 0.750. The van der Waals surface area contributed by atoms with Crippen molar-refractivity contribution in [2.45, 2.75) is 63.7 Å². The van der Waals surface area contributed by atoms with E-state index in [0.29, 0.717) is 18.6 Å². The zero-order valence-electron chi connectivity index (χ0n) is 20.0. The van der Waals surface area contributed by atoms with Crippen molar-refractivity contribution in [3.63, 3.8) is 0 Å². The Balaban J connectivity index is 5.36. The number of carboxylic acid groups (broad SMARTS) is 1. The summed E-state index contributed by atoms with van der Waals surface area (Å²) in [6, 6.07) is -4.51. The van der Waals surface area contributed by atoms with Crippen molar-refractivity contribution < 1.29 is 29.4 Å². The number of amides is 3. The molecule has 0 aromatic carbocycles. The highest BCUT2D eigenvalue weighted by Gasteiger charge is 2.30. The highest BCUT2D eigenvalue weighted by Crippen LogP contribution is 2.07. The molecule has 34 heavy (non-hydrogen) atoms. The Morgan fingerprint density at radius 1 is 0.971 bits per heavy atom. The summed E-state index contributed by atoms with van der Waals surface area (Å²) in [5.74, 6) is -3.11. The number of nitrogens with zero attached hydrogens (tertiary/aromatic N) is 1. The number of nitrogens with one attached hydrogen (secondary N) is 3. The molecule has 0 spiro atoms. The average molecular weight is 506 g/mol. The van der Waals surface area contributed by atoms with E-state index in [0.717, 1.165) is 0 Å². The predicted octanol–water partition coefficient (Wildman–Crippen LogP) is -2.30. The first-order valence-corrected chi connectivity index (χ1v) is 12.4. The molecule has 0 aromatic heterocycles. The lowest BCUT2D eigenvalue weighted by atomic mass is 9.98. The van der Waals surface area contributed by atoms with Crippen molar-refractivity contribution >= 4 is 41.4 Å². The average Bonchev–Trinajstić information content (AvgIpc) is 2.79. The number of hydrogen-bond donors (Lipinski definition) is 8. The number of carboxylic acids is 1. The molecule has 0 aliphatic heterocycles. The van der Waals surface area contributed by atoms with Crippen LogP contribution in [0, 0.1) is 5.92 Å². The third kappa shape index (κ3) is 12.0. The maximum absolute atomic E-state index is 12.9. The van der Waals surface area contributed by atoms with Gasteiger partial charge >= 0.3 is 5.97 Å². The SMILES string of the molecule is CCC(C)C(N)C(=O)NC(CCCN=C(N)N)C(=O)NC(CO)C(=O)NC(CCSC)C(=O)O. The van der Waals surface area contributed by atoms with Crippen molar-refractivity contribution in [2.24, 2.45) is 28.1 Å². The number of aliphatic carboxylic acids is 1. The van der Waals surface area contributed by atoms with Crippen molar-refractivity contribution in [3.05, 3.63) is 0 Å². The van der Waals surface area contributed by atoms with Crippen LogP contribution in [0.1, 0.15) is 39.5 Å². The molecule has 13 nitrogen and oxygen atoms in total. The van der Waals surface area contributed by atoms with Crippen LogP contribution in [-0.4, -0.2) is 89.2 Å². The van der Waals surface area contributed by atoms with Gasteiger partial charge in [0.2, 0.25) is 17.7 Å². The van der Waals surface area contributed by atoms with Gasteiger partial charge in [0.1, 0.15) is 18.1 Å². The Labute approximate surface area is 204 Å². The first-order valence-electron chi connectivity index (χ1n) is 11.0. The molecule has 0 saturated heterocycles. The van der Waals surface area contributed by atoms with Gasteiger partial charge in [0.25, 0.3) is 0 Å². The van der Waals surface area contributed by atoms with Gasteiger partial charge in [-0.1, -0.05) is 20.3 Å². The number of thioether (sulfide) groups is 1. The molecular formula is C20H39N7O6S. The van der Waals surface area contributed by atoms with E-state index in [-0.39, 0.29) is 31.3 Å². The van der Waals surface area contributed by atoms with Gasteiger partial charge in [-0.05, 0) is 37.2 Å². The van der Waals surface area contributed by atoms with Gasteiger partial charge in [0.05, 0.1) is 12.6 Å². The zero-order valence-corrected chi connectivity index (χ0v) is 20.8. The second-order valence-corrected chi connectivity index (χ2v) is 8.83. The summed E-state index contributed by atoms with van der Waals surface area (Å²) in [6.07, 6.45) is 3.09. The van der Waals surface area contributed by atoms with Crippen LogP contribution in [0.4, 0.5) is 0 Å². The van der Waals surface area contributed by atoms with Crippen molar-refractivity contribution in [3.8, 4) is 0 Å². The van der Waals surface area contributed by atoms with Crippen LogP contribution >= 0.6 is 11.8 Å². The summed E-state index contributed by atoms with van der Waals surface area (Å²) in [7, 11) is 0. The van der Waals surface area contributed by atoms with E-state index < -0.39 is 54.5 Å². The van der Waals surface area contributed by atoms with E-state index in [4.69, 9.17) is 17.2 Å². The van der Waals surface area contributed by atoms with Crippen molar-refractivity contribution in [1.82, 2.24) is 16.0 Å². The molecule has 5 unspecified atom stereocenters. The Kier molecular flexibility index (Phi) is 15.7. The van der Waals surface area contributed by atoms with E-state index in [1.165, 1.54) is 11.8 Å². The molecule has 0 aromatic rings. The zero-order chi connectivity index (χ0) is 26.3. The molecule has 0 aliphatic rings. The van der Waals surface area contributed by atoms with Crippen LogP contribution in [0.5, 0.6) is 0 Å². The number of carbonyl (C=O) groups excluding carboxylic acids is 3. The van der Waals surface area contributed by atoms with Gasteiger partial charge < -0.3 is 43.4 Å². The molecule has 0 aliphatic carbocycles. The fourth-order valence-electron chi connectivity index (χ4n) is 2.78. The summed E-state index contributed by atoms with van der Waals surface area (Å²) in [4.78, 5) is 53.1. The van der Waals surface area contributed by atoms with E-state index >= 15 is 0 Å². The summed E-state index contributed by atoms with van der Waals surface area (Å²) in [5, 5.41) is 26.2. The lowest BCUT2D eigenvalue weighted by molar-refractivity contribution is -0.142. The smallest absolute Gasteiger partial charge is 0.326 e. The van der Waals surface area contributed by atoms with Gasteiger partial charge in [0, 0.05) is 6.54 Å². The van der Waals surface area contributed by atoms with Crippen LogP contribution in [0.3, 0.4) is 0 Å². The van der Waals surface area contributed by atoms with Crippen LogP contribution in [0.25, 0.3) is 0 Å². The number of aliphatic hydroxyl groups excluding tert-OH is 1. The molecule has 0 heterocycles. The van der Waals surface area contributed by atoms with Crippen LogP contribution < -0.4 is 33.2 Å². The topological polar surface area (TPSA) is 235 Å². The molecule has 0 bridgehead atoms. The maximum atomic E-state index is 12.9. The maximum Gasteiger partial charge on any atom is 0.326 e. The second-order valence-electron chi connectivity index (χ2n) is 7.85. The van der Waals surface area contributed by atoms with Crippen LogP contribution in [-0.2, 0) is 19.2 Å². The largest absolute Gasteiger partial charge is 0.480 e. The highest BCUT2D eigenvalue weighted by molar-refractivity contribution is 7.98. The highest BCUT2D eigenvalue weighted by atomic mass is 32.2. The first kappa shape index (κ1) is 31.4. The number of hydrogen-bond acceptors (Lipinski definition) is 8. The molecular weight excluding hydrogens is 466 g/mol. The number of rotatable bonds is 17. The second kappa shape index (κ2) is 16.9. The van der Waals surface area contributed by atoms with Crippen LogP contribution in [0.15, 0.2) is 4.99 Å². The van der Waals surface area contributed by atoms with Gasteiger partial charge in [0.15, 0.2) is 5.96 Å². The molecule has 0 fully saturated rings. The predicted molar refractivity (Wildman–Crippen MR) is 131 cm³/mol. The Bertz CT molecular complexity index is 705. The minimum Gasteiger partial charge on any atom is -0.480 e. The van der Waals surface area contributed by atoms with Gasteiger partial charge in [-0.25, -0.2) is 4.79 Å². The lowest BCUT2D eigenvalue weighted by Crippen LogP contribution is -2.58. The number of aliphatic imine (C=N–C) groups is 1. The third-order valence-electron chi connectivity index (χ3n) is 5.18. The molecule has 0 radical (unpaired) electrons. The minimum atomic E-state index is -1.41. The molecule has 11 N–H and O–H groups in total. The molecule has 3 amide bonds. The minimum absolute atomic E-state index is 0.115. The standard InChI is InChI=1S/C20H39N7O6S/c1-4-11(2)15(21)18(31)25-12(6-5-8-24-20(22)23)16(29)27-14(10-28)17(30)26-13(19(32)33)7-9-34-3/h11-15,28H,4-10,21H2,1-3H3,(H,25,31)(H,26,30)(H,27,29)(H,32,33)(H4,22,23,24). The molecule has 5 atom stereocenters. The Hall–Kier alpha value is -2.58. The normalized spacial score (nSPS) is 15.2. The number of aliphatic hydroxyl groups is 1. The Morgan fingerprint density at radius 3 is 2.03 bits per heavy atom. The summed E-state index contributed by atoms with van der Waals surface area (Å²) < 4.78 is 0. The molecule has 0 rings (SSSR count). The molecule has 0 saturated carbocycles. The number of guanidine groups is 1. The fourth-order valence-corrected chi connectivity index (χ4v) is 3.26.